The number of carbonyl (C=O) groups excluding carboxylic acids is 2. The quantitative estimate of drug-likeness (QED) is 0.132. The summed E-state index contributed by atoms with van der Waals surface area (Å²) < 4.78 is 7.66. The molecule has 0 amide bonds. The molecule has 5 nitrogen and oxygen atoms in total. The molecule has 0 saturated carbocycles. The number of aromatic nitrogens is 2. The van der Waals surface area contributed by atoms with Crippen molar-refractivity contribution in [1.29, 1.82) is 0 Å². The highest BCUT2D eigenvalue weighted by Gasteiger charge is 2.40. The van der Waals surface area contributed by atoms with Crippen molar-refractivity contribution in [3.63, 3.8) is 0 Å². The van der Waals surface area contributed by atoms with E-state index < -0.39 is 11.6 Å². The Kier molecular flexibility index (Phi) is 4.75. The molecular weight excluding hydrogens is 482 g/mol. The number of hydrogen-bond acceptors (Lipinski definition) is 4. The molecule has 0 spiro atoms. The second-order valence-corrected chi connectivity index (χ2v) is 8.43. The molecule has 154 valence electrons. The van der Waals surface area contributed by atoms with Crippen LogP contribution in [0.3, 0.4) is 0 Å². The van der Waals surface area contributed by atoms with Crippen molar-refractivity contribution in [2.75, 3.05) is 0 Å². The van der Waals surface area contributed by atoms with Crippen molar-refractivity contribution in [1.82, 2.24) is 9.55 Å². The van der Waals surface area contributed by atoms with Crippen molar-refractivity contribution >= 4 is 75.3 Å². The van der Waals surface area contributed by atoms with Gasteiger partial charge in [0.15, 0.2) is 22.8 Å². The lowest BCUT2D eigenvalue weighted by molar-refractivity contribution is 0.0990. The van der Waals surface area contributed by atoms with Gasteiger partial charge in [0.25, 0.3) is 0 Å². The van der Waals surface area contributed by atoms with E-state index in [1.807, 2.05) is 48.0 Å². The first kappa shape index (κ1) is 20.3. The van der Waals surface area contributed by atoms with E-state index in [9.17, 15) is 9.59 Å². The van der Waals surface area contributed by atoms with E-state index in [-0.39, 0.29) is 42.7 Å². The van der Waals surface area contributed by atoms with Crippen LogP contribution in [0.2, 0.25) is 20.1 Å². The van der Waals surface area contributed by atoms with Gasteiger partial charge in [-0.25, -0.2) is 0 Å². The van der Waals surface area contributed by atoms with Crippen molar-refractivity contribution in [2.45, 2.75) is 0 Å². The number of benzene rings is 2. The van der Waals surface area contributed by atoms with Crippen LogP contribution in [-0.2, 0) is 7.05 Å². The Morgan fingerprint density at radius 3 is 2.03 bits per heavy atom. The van der Waals surface area contributed by atoms with Gasteiger partial charge in [-0.2, -0.15) is 4.98 Å². The van der Waals surface area contributed by atoms with Crippen LogP contribution in [-0.4, -0.2) is 21.1 Å². The standard InChI is InChI=1S/C22H10Cl4N2O3/c1-28-11(9-5-3-2-4-6-9)8-12-22(28)27-13(31-12)7-10-20(29)14-15(21(10)30)17(24)19(26)18(25)16(14)23/h2-8H,1H3. The normalized spacial score (nSPS) is 13.4. The number of ketones is 2. The Morgan fingerprint density at radius 1 is 0.903 bits per heavy atom. The molecule has 31 heavy (non-hydrogen) atoms. The lowest BCUT2D eigenvalue weighted by Crippen LogP contribution is -2.00. The Morgan fingerprint density at radius 2 is 1.48 bits per heavy atom. The average molecular weight is 492 g/mol. The zero-order valence-electron chi connectivity index (χ0n) is 15.7. The van der Waals surface area contributed by atoms with Gasteiger partial charge < -0.3 is 8.98 Å². The van der Waals surface area contributed by atoms with Gasteiger partial charge in [0.1, 0.15) is 0 Å². The Bertz CT molecular complexity index is 1420. The van der Waals surface area contributed by atoms with Crippen LogP contribution in [0.4, 0.5) is 0 Å². The number of allylic oxidation sites excluding steroid dienone is 1. The maximum Gasteiger partial charge on any atom is 0.222 e. The molecule has 2 heterocycles. The topological polar surface area (TPSA) is 65.1 Å². The summed E-state index contributed by atoms with van der Waals surface area (Å²) in [4.78, 5) is 30.2. The third-order valence-electron chi connectivity index (χ3n) is 5.15. The summed E-state index contributed by atoms with van der Waals surface area (Å²) in [5, 5.41) is -0.384. The van der Waals surface area contributed by atoms with Gasteiger partial charge in [0.2, 0.25) is 5.89 Å². The van der Waals surface area contributed by atoms with Crippen LogP contribution in [0.25, 0.3) is 28.6 Å². The van der Waals surface area contributed by atoms with Gasteiger partial charge in [0, 0.05) is 19.2 Å². The summed E-state index contributed by atoms with van der Waals surface area (Å²) in [5.41, 5.74) is 2.71. The highest BCUT2D eigenvalue weighted by molar-refractivity contribution is 6.57. The zero-order chi connectivity index (χ0) is 22.0. The fraction of sp³-hybridized carbons (Fsp3) is 0.0455. The average Bonchev–Trinajstić information content (AvgIpc) is 3.38. The zero-order valence-corrected chi connectivity index (χ0v) is 18.7. The first-order chi connectivity index (χ1) is 14.8. The molecule has 0 saturated heterocycles. The fourth-order valence-electron chi connectivity index (χ4n) is 3.64. The molecule has 0 unspecified atom stereocenters. The van der Waals surface area contributed by atoms with E-state index in [4.69, 9.17) is 50.8 Å². The van der Waals surface area contributed by atoms with Gasteiger partial charge in [0.05, 0.1) is 42.5 Å². The van der Waals surface area contributed by atoms with E-state index in [0.29, 0.717) is 11.2 Å². The molecule has 2 aromatic carbocycles. The minimum Gasteiger partial charge on any atom is -0.435 e. The van der Waals surface area contributed by atoms with Crippen LogP contribution in [0.5, 0.6) is 0 Å². The Balaban J connectivity index is 1.60. The monoisotopic (exact) mass is 490 g/mol. The molecule has 1 aliphatic rings. The number of nitrogens with zero attached hydrogens (tertiary/aromatic N) is 2. The van der Waals surface area contributed by atoms with E-state index in [0.717, 1.165) is 11.3 Å². The van der Waals surface area contributed by atoms with Gasteiger partial charge in [-0.3, -0.25) is 9.59 Å². The molecule has 9 heteroatoms. The van der Waals surface area contributed by atoms with E-state index >= 15 is 0 Å². The summed E-state index contributed by atoms with van der Waals surface area (Å²) in [7, 11) is 1.86. The van der Waals surface area contributed by atoms with Gasteiger partial charge in [-0.15, -0.1) is 0 Å². The van der Waals surface area contributed by atoms with Gasteiger partial charge in [-0.1, -0.05) is 76.7 Å². The molecule has 0 bridgehead atoms. The van der Waals surface area contributed by atoms with Gasteiger partial charge >= 0.3 is 0 Å². The third-order valence-corrected chi connectivity index (χ3v) is 6.95. The molecule has 4 aromatic rings. The van der Waals surface area contributed by atoms with E-state index in [1.54, 1.807) is 0 Å². The number of fused-ring (bicyclic) bond motifs is 2. The number of hydrogen-bond donors (Lipinski definition) is 0. The predicted molar refractivity (Wildman–Crippen MR) is 122 cm³/mol. The highest BCUT2D eigenvalue weighted by atomic mass is 35.5. The Hall–Kier alpha value is -2.57. The number of rotatable bonds is 2. The predicted octanol–water partition coefficient (Wildman–Crippen LogP) is 6.91. The summed E-state index contributed by atoms with van der Waals surface area (Å²) in [6.07, 6.45) is 1.28. The third kappa shape index (κ3) is 2.96. The maximum atomic E-state index is 12.9. The lowest BCUT2D eigenvalue weighted by Gasteiger charge is -2.07. The SMILES string of the molecule is Cn1c(-c2ccccc2)cc2oc(C=C3C(=O)c4c(Cl)c(Cl)c(Cl)c(Cl)c4C3=O)nc21. The number of carbonyl (C=O) groups is 2. The number of oxazole rings is 1. The van der Waals surface area contributed by atoms with Crippen molar-refractivity contribution in [3.8, 4) is 11.3 Å². The Labute approximate surface area is 195 Å². The van der Waals surface area contributed by atoms with Crippen LogP contribution in [0.15, 0.2) is 46.4 Å². The highest BCUT2D eigenvalue weighted by Crippen LogP contribution is 2.46. The smallest absolute Gasteiger partial charge is 0.222 e. The molecule has 0 N–H and O–H groups in total. The number of aryl methyl sites for hydroxylation is 1. The van der Waals surface area contributed by atoms with Crippen molar-refractivity contribution in [3.05, 3.63) is 79.1 Å². The van der Waals surface area contributed by atoms with E-state index in [2.05, 4.69) is 4.98 Å². The van der Waals surface area contributed by atoms with Gasteiger partial charge in [-0.05, 0) is 5.56 Å². The molecular formula is C22H10Cl4N2O3. The lowest BCUT2D eigenvalue weighted by atomic mass is 10.1. The maximum absolute atomic E-state index is 12.9. The minimum absolute atomic E-state index is 0.0696. The second-order valence-electron chi connectivity index (χ2n) is 6.92. The van der Waals surface area contributed by atoms with Crippen molar-refractivity contribution in [2.24, 2.45) is 7.05 Å². The summed E-state index contributed by atoms with van der Waals surface area (Å²) >= 11 is 24.4. The fourth-order valence-corrected chi connectivity index (χ4v) is 4.67. The molecule has 0 aliphatic heterocycles. The molecule has 0 radical (unpaired) electrons. The summed E-state index contributed by atoms with van der Waals surface area (Å²) in [6, 6.07) is 11.6. The largest absolute Gasteiger partial charge is 0.435 e. The number of Topliss-reactive ketones (excluding diaryl/α,β-unsaturated/α-hetero) is 2. The van der Waals surface area contributed by atoms with Crippen LogP contribution in [0, 0.1) is 0 Å². The van der Waals surface area contributed by atoms with Crippen LogP contribution >= 0.6 is 46.4 Å². The molecule has 0 atom stereocenters. The van der Waals surface area contributed by atoms with Crippen LogP contribution in [0.1, 0.15) is 26.6 Å². The molecule has 0 fully saturated rings. The first-order valence-corrected chi connectivity index (χ1v) is 10.5. The molecule has 1 aliphatic carbocycles. The van der Waals surface area contributed by atoms with E-state index in [1.165, 1.54) is 6.08 Å². The molecule has 5 rings (SSSR count). The minimum atomic E-state index is -0.613. The summed E-state index contributed by atoms with van der Waals surface area (Å²) in [6.45, 7) is 0. The molecule has 2 aromatic heterocycles. The second kappa shape index (κ2) is 7.24. The summed E-state index contributed by atoms with van der Waals surface area (Å²) in [5.74, 6) is -1.12. The van der Waals surface area contributed by atoms with Crippen LogP contribution < -0.4 is 0 Å². The number of halogens is 4. The van der Waals surface area contributed by atoms with Crippen molar-refractivity contribution < 1.29 is 14.0 Å². The first-order valence-electron chi connectivity index (χ1n) is 8.98.